The van der Waals surface area contributed by atoms with Crippen molar-refractivity contribution in [3.05, 3.63) is 100 Å². The molecular weight excluding hydrogens is 988 g/mol. The maximum Gasteiger partial charge on any atom is 0.321 e. The third-order valence-electron chi connectivity index (χ3n) is 10.4. The Morgan fingerprint density at radius 3 is 1.74 bits per heavy atom. The smallest absolute Gasteiger partial charge is 0.321 e. The van der Waals surface area contributed by atoms with E-state index >= 15 is 0 Å². The van der Waals surface area contributed by atoms with Crippen LogP contribution in [0.15, 0.2) is 66.7 Å². The number of carbonyl (C=O) groups is 5. The summed E-state index contributed by atoms with van der Waals surface area (Å²) in [5.74, 6) is 4.54. The molecule has 0 radical (unpaired) electrons. The SMILES string of the molecule is CC.CO.N/C1=C(\N(N)CCOCCOCCOCCNC(=O)c2cc(C(=O)NCCO)cc(C(=O)NCCO)c2)c2ccccc2CN(C(=O)CCC(=O)NCCCCCCOP(O)(O)=S)c2ccccc21. The number of nitrogens with two attached hydrogens (primary N) is 2. The molecule has 1 aliphatic rings. The molecule has 73 heavy (non-hydrogen) atoms. The van der Waals surface area contributed by atoms with Crippen LogP contribution in [-0.2, 0) is 46.7 Å². The zero-order valence-electron chi connectivity index (χ0n) is 42.0. The fraction of sp³-hybridized carbons (Fsp3) is 0.490. The third-order valence-corrected chi connectivity index (χ3v) is 11.2. The van der Waals surface area contributed by atoms with Gasteiger partial charge in [0, 0.05) is 73.9 Å². The number of amides is 5. The number of unbranched alkanes of at least 4 members (excludes halogenated alkanes) is 3. The van der Waals surface area contributed by atoms with Gasteiger partial charge in [0.1, 0.15) is 0 Å². The monoisotopic (exact) mass is 1060 g/mol. The predicted octanol–water partition coefficient (Wildman–Crippen LogP) is 1.73. The second-order valence-corrected chi connectivity index (χ2v) is 18.2. The van der Waals surface area contributed by atoms with Gasteiger partial charge in [0.15, 0.2) is 0 Å². The highest BCUT2D eigenvalue weighted by Crippen LogP contribution is 2.37. The van der Waals surface area contributed by atoms with Gasteiger partial charge in [-0.05, 0) is 54.5 Å². The quantitative estimate of drug-likeness (QED) is 0.0189. The van der Waals surface area contributed by atoms with Crippen LogP contribution in [0.3, 0.4) is 0 Å². The molecule has 0 aromatic heterocycles. The Balaban J connectivity index is 0.00000445. The lowest BCUT2D eigenvalue weighted by Crippen LogP contribution is -2.38. The summed E-state index contributed by atoms with van der Waals surface area (Å²) in [6.45, 7) is 2.49. The number of nitrogens with one attached hydrogen (secondary N) is 4. The third kappa shape index (κ3) is 23.6. The van der Waals surface area contributed by atoms with Crippen molar-refractivity contribution in [2.75, 3.05) is 104 Å². The number of aliphatic hydroxyl groups is 3. The number of hydrazine groups is 1. The molecule has 4 rings (SSSR count). The van der Waals surface area contributed by atoms with E-state index in [2.05, 4.69) is 33.1 Å². The standard InChI is InChI=1S/C46H65N8O13PS.C2H6.CH4O/c47-42-38-11-5-6-12-39(38)53(41(58)14-13-40(57)49-15-7-1-2-8-22-67-68(62,63)69)32-33-9-3-4-10-37(33)43(42)54(48)19-24-65-26-28-66-27-25-64-23-18-52-46(61)36-30-34(44(59)50-16-20-55)29-35(31-36)45(60)51-17-21-56;2*1-2/h3-6,9-12,29-31,55-56H,1-2,7-8,13-28,32,47-48H2,(H,49,57)(H,50,59)(H,51,60)(H,52,61)(H2,62,63,69);1-2H3;2H,1H3/b43-42-;;. The molecule has 0 spiro atoms. The van der Waals surface area contributed by atoms with Crippen molar-refractivity contribution >= 4 is 65.1 Å². The molecule has 24 heteroatoms. The number of carbonyl (C=O) groups excluding carboxylic acids is 5. The van der Waals surface area contributed by atoms with Crippen molar-refractivity contribution < 1.29 is 67.8 Å². The molecule has 13 N–H and O–H groups in total. The minimum atomic E-state index is -3.64. The highest BCUT2D eigenvalue weighted by molar-refractivity contribution is 8.06. The molecule has 0 bridgehead atoms. The number of ether oxygens (including phenoxy) is 3. The van der Waals surface area contributed by atoms with E-state index in [-0.39, 0.29) is 134 Å². The first-order valence-electron chi connectivity index (χ1n) is 24.1. The number of rotatable bonds is 31. The molecule has 1 heterocycles. The minimum absolute atomic E-state index is 0.00750. The summed E-state index contributed by atoms with van der Waals surface area (Å²) in [6, 6.07) is 18.8. The van der Waals surface area contributed by atoms with Gasteiger partial charge in [-0.25, -0.2) is 5.84 Å². The number of fused-ring (bicyclic) bond motifs is 2. The zero-order valence-corrected chi connectivity index (χ0v) is 43.7. The van der Waals surface area contributed by atoms with E-state index in [1.165, 1.54) is 23.2 Å². The van der Waals surface area contributed by atoms with Crippen molar-refractivity contribution in [1.29, 1.82) is 0 Å². The lowest BCUT2D eigenvalue weighted by molar-refractivity contribution is -0.125. The zero-order chi connectivity index (χ0) is 54.0. The number of hydrogen-bond donors (Lipinski definition) is 11. The summed E-state index contributed by atoms with van der Waals surface area (Å²) in [4.78, 5) is 84.3. The Hall–Kier alpha value is -5.40. The summed E-state index contributed by atoms with van der Waals surface area (Å²) >= 11 is 4.43. The molecule has 0 unspecified atom stereocenters. The molecule has 0 aliphatic carbocycles. The molecule has 0 saturated carbocycles. The lowest BCUT2D eigenvalue weighted by atomic mass is 9.95. The minimum Gasteiger partial charge on any atom is -0.400 e. The van der Waals surface area contributed by atoms with E-state index < -0.39 is 24.4 Å². The number of aliphatic hydroxyl groups excluding tert-OH is 3. The topological polar surface area (TPSA) is 330 Å². The van der Waals surface area contributed by atoms with Crippen LogP contribution >= 0.6 is 6.72 Å². The molecule has 0 atom stereocenters. The van der Waals surface area contributed by atoms with Crippen molar-refractivity contribution in [2.45, 2.75) is 58.9 Å². The van der Waals surface area contributed by atoms with Gasteiger partial charge in [0.05, 0.1) is 89.6 Å². The normalized spacial score (nSPS) is 12.8. The average Bonchev–Trinajstić information content (AvgIpc) is 3.39. The fourth-order valence-corrected chi connectivity index (χ4v) is 7.63. The largest absolute Gasteiger partial charge is 0.400 e. The first kappa shape index (κ1) is 63.7. The van der Waals surface area contributed by atoms with Gasteiger partial charge in [-0.15, -0.1) is 0 Å². The lowest BCUT2D eigenvalue weighted by Gasteiger charge is -2.33. The molecule has 3 aromatic carbocycles. The van der Waals surface area contributed by atoms with E-state index in [1.54, 1.807) is 4.90 Å². The van der Waals surface area contributed by atoms with Crippen molar-refractivity contribution in [3.63, 3.8) is 0 Å². The number of para-hydroxylation sites is 1. The highest BCUT2D eigenvalue weighted by Gasteiger charge is 2.28. The second-order valence-electron chi connectivity index (χ2n) is 15.5. The van der Waals surface area contributed by atoms with E-state index in [0.29, 0.717) is 35.6 Å². The van der Waals surface area contributed by atoms with Gasteiger partial charge >= 0.3 is 6.72 Å². The number of benzene rings is 3. The van der Waals surface area contributed by atoms with Gasteiger partial charge in [-0.2, -0.15) is 0 Å². The van der Waals surface area contributed by atoms with E-state index in [4.69, 9.17) is 55.4 Å². The maximum atomic E-state index is 13.8. The Morgan fingerprint density at radius 1 is 0.658 bits per heavy atom. The molecule has 0 saturated heterocycles. The molecular formula is C49H75N8O14PS. The molecule has 22 nitrogen and oxygen atoms in total. The van der Waals surface area contributed by atoms with Crippen molar-refractivity contribution in [2.24, 2.45) is 11.6 Å². The van der Waals surface area contributed by atoms with Crippen molar-refractivity contribution in [1.82, 2.24) is 26.3 Å². The molecule has 5 amide bonds. The molecule has 0 fully saturated rings. The average molecular weight is 1060 g/mol. The van der Waals surface area contributed by atoms with Gasteiger partial charge in [0.25, 0.3) is 17.7 Å². The van der Waals surface area contributed by atoms with E-state index in [1.807, 2.05) is 62.4 Å². The summed E-state index contributed by atoms with van der Waals surface area (Å²) in [5, 5.41) is 37.2. The van der Waals surface area contributed by atoms with Crippen LogP contribution in [0, 0.1) is 0 Å². The number of hydrogen-bond acceptors (Lipinski definition) is 16. The van der Waals surface area contributed by atoms with Gasteiger partial charge in [-0.3, -0.25) is 24.0 Å². The molecule has 1 aliphatic heterocycles. The Morgan fingerprint density at radius 2 is 1.16 bits per heavy atom. The van der Waals surface area contributed by atoms with Gasteiger partial charge < -0.3 is 80.8 Å². The van der Waals surface area contributed by atoms with E-state index in [9.17, 15) is 24.0 Å². The number of nitrogens with zero attached hydrogens (tertiary/aromatic N) is 2. The Bertz CT molecular complexity index is 2210. The summed E-state index contributed by atoms with van der Waals surface area (Å²) < 4.78 is 21.8. The Labute approximate surface area is 432 Å². The summed E-state index contributed by atoms with van der Waals surface area (Å²) in [6.07, 6.45) is 2.91. The van der Waals surface area contributed by atoms with Gasteiger partial charge in [0.2, 0.25) is 11.8 Å². The van der Waals surface area contributed by atoms with Crippen LogP contribution in [0.2, 0.25) is 0 Å². The molecule has 3 aromatic rings. The molecule has 406 valence electrons. The van der Waals surface area contributed by atoms with Gasteiger partial charge in [-0.1, -0.05) is 69.2 Å². The summed E-state index contributed by atoms with van der Waals surface area (Å²) in [5.41, 5.74) is 10.8. The van der Waals surface area contributed by atoms with E-state index in [0.717, 1.165) is 37.5 Å². The predicted molar refractivity (Wildman–Crippen MR) is 281 cm³/mol. The first-order chi connectivity index (χ1) is 35.2. The van der Waals surface area contributed by atoms with Crippen LogP contribution in [0.1, 0.15) is 100 Å². The number of anilines is 1. The maximum absolute atomic E-state index is 13.8. The first-order valence-corrected chi connectivity index (χ1v) is 26.7. The summed E-state index contributed by atoms with van der Waals surface area (Å²) in [7, 11) is 1.00. The van der Waals surface area contributed by atoms with Crippen molar-refractivity contribution in [3.8, 4) is 0 Å². The van der Waals surface area contributed by atoms with Crippen LogP contribution in [0.5, 0.6) is 0 Å². The van der Waals surface area contributed by atoms with Crippen LogP contribution in [-0.4, -0.2) is 159 Å². The second kappa shape index (κ2) is 36.5. The van der Waals surface area contributed by atoms with Crippen LogP contribution < -0.4 is 37.7 Å². The Kier molecular flexibility index (Phi) is 31.9. The highest BCUT2D eigenvalue weighted by atomic mass is 32.5. The van der Waals surface area contributed by atoms with Crippen LogP contribution in [0.4, 0.5) is 5.69 Å². The fourth-order valence-electron chi connectivity index (χ4n) is 7.04. The van der Waals surface area contributed by atoms with Crippen LogP contribution in [0.25, 0.3) is 11.4 Å².